The first kappa shape index (κ1) is 19.6. The van der Waals surface area contributed by atoms with Gasteiger partial charge in [-0.3, -0.25) is 0 Å². The number of carbonyl (C=O) groups is 1. The molecule has 0 bridgehead atoms. The van der Waals surface area contributed by atoms with Crippen LogP contribution in [0.2, 0.25) is 5.02 Å². The summed E-state index contributed by atoms with van der Waals surface area (Å²) < 4.78 is 34.1. The molecule has 0 spiro atoms. The molecule has 0 fully saturated rings. The summed E-state index contributed by atoms with van der Waals surface area (Å²) in [5.41, 5.74) is 0.701. The van der Waals surface area contributed by atoms with Gasteiger partial charge >= 0.3 is 5.97 Å². The molecule has 1 atom stereocenters. The number of aromatic nitrogens is 2. The molecule has 0 unspecified atom stereocenters. The summed E-state index contributed by atoms with van der Waals surface area (Å²) in [6.45, 7) is 1.18. The first-order valence-electron chi connectivity index (χ1n) is 8.21. The Morgan fingerprint density at radius 3 is 2.64 bits per heavy atom. The van der Waals surface area contributed by atoms with Crippen molar-refractivity contribution >= 4 is 17.6 Å². The summed E-state index contributed by atoms with van der Waals surface area (Å²) in [6, 6.07) is 10.7. The first-order chi connectivity index (χ1) is 13.5. The highest BCUT2D eigenvalue weighted by Gasteiger charge is 2.19. The maximum absolute atomic E-state index is 13.0. The minimum atomic E-state index is -0.778. The smallest absolute Gasteiger partial charge is 0.344 e. The number of esters is 1. The van der Waals surface area contributed by atoms with Crippen molar-refractivity contribution in [1.29, 1.82) is 0 Å². The lowest BCUT2D eigenvalue weighted by Gasteiger charge is -2.11. The number of methoxy groups -OCH3 is 1. The zero-order chi connectivity index (χ0) is 20.1. The molecular weight excluding hydrogens is 391 g/mol. The van der Waals surface area contributed by atoms with Gasteiger partial charge in [-0.25, -0.2) is 9.18 Å². The lowest BCUT2D eigenvalue weighted by molar-refractivity contribution is -0.152. The van der Waals surface area contributed by atoms with Crippen molar-refractivity contribution in [3.8, 4) is 23.0 Å². The number of benzene rings is 2. The highest BCUT2D eigenvalue weighted by atomic mass is 35.5. The van der Waals surface area contributed by atoms with Gasteiger partial charge in [-0.05, 0) is 49.4 Å². The SMILES string of the molecule is COc1ccc(-c2nnc([C@@H](C)OC(=O)COc3ccc(F)cc3Cl)o2)cc1. The van der Waals surface area contributed by atoms with Crippen LogP contribution in [0.4, 0.5) is 4.39 Å². The van der Waals surface area contributed by atoms with Gasteiger partial charge in [-0.1, -0.05) is 11.6 Å². The predicted octanol–water partition coefficient (Wildman–Crippen LogP) is 4.22. The number of hydrogen-bond donors (Lipinski definition) is 0. The third-order valence-electron chi connectivity index (χ3n) is 3.67. The minimum absolute atomic E-state index is 0.0573. The minimum Gasteiger partial charge on any atom is -0.497 e. The van der Waals surface area contributed by atoms with Gasteiger partial charge in [-0.15, -0.1) is 10.2 Å². The van der Waals surface area contributed by atoms with Crippen LogP contribution in [0, 0.1) is 5.82 Å². The molecule has 0 radical (unpaired) electrons. The van der Waals surface area contributed by atoms with Crippen molar-refractivity contribution in [2.75, 3.05) is 13.7 Å². The van der Waals surface area contributed by atoms with E-state index in [0.29, 0.717) is 11.3 Å². The summed E-state index contributed by atoms with van der Waals surface area (Å²) in [5.74, 6) is 0.128. The van der Waals surface area contributed by atoms with E-state index in [0.717, 1.165) is 6.07 Å². The van der Waals surface area contributed by atoms with Crippen LogP contribution in [0.25, 0.3) is 11.5 Å². The Morgan fingerprint density at radius 2 is 1.96 bits per heavy atom. The zero-order valence-electron chi connectivity index (χ0n) is 15.0. The second-order valence-electron chi connectivity index (χ2n) is 5.67. The molecule has 1 aromatic heterocycles. The molecular formula is C19H16ClFN2O5. The molecule has 0 N–H and O–H groups in total. The summed E-state index contributed by atoms with van der Waals surface area (Å²) in [6.07, 6.45) is -0.778. The predicted molar refractivity (Wildman–Crippen MR) is 97.7 cm³/mol. The first-order valence-corrected chi connectivity index (χ1v) is 8.59. The molecule has 3 rings (SSSR count). The second-order valence-corrected chi connectivity index (χ2v) is 6.08. The topological polar surface area (TPSA) is 83.7 Å². The van der Waals surface area contributed by atoms with Crippen LogP contribution in [0.15, 0.2) is 46.9 Å². The van der Waals surface area contributed by atoms with E-state index >= 15 is 0 Å². The van der Waals surface area contributed by atoms with E-state index in [2.05, 4.69) is 10.2 Å². The van der Waals surface area contributed by atoms with Gasteiger partial charge in [0.1, 0.15) is 17.3 Å². The van der Waals surface area contributed by atoms with Crippen LogP contribution in [0.5, 0.6) is 11.5 Å². The van der Waals surface area contributed by atoms with Gasteiger partial charge in [0.15, 0.2) is 12.7 Å². The summed E-state index contributed by atoms with van der Waals surface area (Å²) in [4.78, 5) is 12.0. The maximum atomic E-state index is 13.0. The number of halogens is 2. The molecule has 0 amide bonds. The van der Waals surface area contributed by atoms with Gasteiger partial charge in [0.2, 0.25) is 5.89 Å². The second kappa shape index (κ2) is 8.71. The number of carbonyl (C=O) groups excluding carboxylic acids is 1. The summed E-state index contributed by atoms with van der Waals surface area (Å²) in [7, 11) is 1.57. The maximum Gasteiger partial charge on any atom is 0.344 e. The van der Waals surface area contributed by atoms with Crippen LogP contribution in [-0.4, -0.2) is 29.9 Å². The van der Waals surface area contributed by atoms with E-state index in [9.17, 15) is 9.18 Å². The molecule has 3 aromatic rings. The molecule has 0 aliphatic carbocycles. The lowest BCUT2D eigenvalue weighted by atomic mass is 10.2. The Bertz CT molecular complexity index is 961. The Kier molecular flexibility index (Phi) is 6.10. The quantitative estimate of drug-likeness (QED) is 0.543. The molecule has 2 aromatic carbocycles. The van der Waals surface area contributed by atoms with E-state index in [1.54, 1.807) is 38.3 Å². The Hall–Kier alpha value is -3.13. The highest BCUT2D eigenvalue weighted by Crippen LogP contribution is 2.26. The van der Waals surface area contributed by atoms with Crippen LogP contribution in [0.3, 0.4) is 0 Å². The van der Waals surface area contributed by atoms with Crippen molar-refractivity contribution in [2.45, 2.75) is 13.0 Å². The van der Waals surface area contributed by atoms with Crippen LogP contribution >= 0.6 is 11.6 Å². The van der Waals surface area contributed by atoms with Crippen molar-refractivity contribution in [3.63, 3.8) is 0 Å². The molecule has 0 aliphatic heterocycles. The van der Waals surface area contributed by atoms with Gasteiger partial charge in [0, 0.05) is 5.56 Å². The van der Waals surface area contributed by atoms with Gasteiger partial charge in [0.25, 0.3) is 5.89 Å². The Morgan fingerprint density at radius 1 is 1.21 bits per heavy atom. The van der Waals surface area contributed by atoms with Crippen LogP contribution in [-0.2, 0) is 9.53 Å². The van der Waals surface area contributed by atoms with E-state index in [1.165, 1.54) is 12.1 Å². The third kappa shape index (κ3) is 4.77. The lowest BCUT2D eigenvalue weighted by Crippen LogP contribution is -2.17. The van der Waals surface area contributed by atoms with Crippen LogP contribution < -0.4 is 9.47 Å². The molecule has 9 heteroatoms. The number of hydrogen-bond acceptors (Lipinski definition) is 7. The van der Waals surface area contributed by atoms with E-state index in [-0.39, 0.29) is 22.6 Å². The molecule has 146 valence electrons. The van der Waals surface area contributed by atoms with Gasteiger partial charge in [-0.2, -0.15) is 0 Å². The van der Waals surface area contributed by atoms with Crippen molar-refractivity contribution in [3.05, 3.63) is 59.2 Å². The average Bonchev–Trinajstić information content (AvgIpc) is 3.18. The average molecular weight is 407 g/mol. The van der Waals surface area contributed by atoms with Crippen LogP contribution in [0.1, 0.15) is 18.9 Å². The molecule has 7 nitrogen and oxygen atoms in total. The van der Waals surface area contributed by atoms with Crippen molar-refractivity contribution in [1.82, 2.24) is 10.2 Å². The fraction of sp³-hybridized carbons (Fsp3) is 0.211. The van der Waals surface area contributed by atoms with E-state index in [1.807, 2.05) is 0 Å². The molecule has 1 heterocycles. The number of nitrogens with zero attached hydrogens (tertiary/aromatic N) is 2. The van der Waals surface area contributed by atoms with E-state index < -0.39 is 24.5 Å². The monoisotopic (exact) mass is 406 g/mol. The summed E-state index contributed by atoms with van der Waals surface area (Å²) in [5, 5.41) is 7.91. The standard InChI is InChI=1S/C19H16ClFN2O5/c1-11(27-17(24)10-26-16-8-5-13(21)9-15(16)20)18-22-23-19(28-18)12-3-6-14(25-2)7-4-12/h3-9,11H,10H2,1-2H3/t11-/m1/s1. The molecule has 28 heavy (non-hydrogen) atoms. The third-order valence-corrected chi connectivity index (χ3v) is 3.97. The normalized spacial score (nSPS) is 11.7. The van der Waals surface area contributed by atoms with Gasteiger partial charge in [0.05, 0.1) is 12.1 Å². The Labute approximate surface area is 165 Å². The highest BCUT2D eigenvalue weighted by molar-refractivity contribution is 6.32. The fourth-order valence-electron chi connectivity index (χ4n) is 2.26. The Balaban J connectivity index is 1.57. The number of rotatable bonds is 7. The van der Waals surface area contributed by atoms with E-state index in [4.69, 9.17) is 30.2 Å². The largest absolute Gasteiger partial charge is 0.497 e. The number of ether oxygens (including phenoxy) is 3. The van der Waals surface area contributed by atoms with Gasteiger partial charge < -0.3 is 18.6 Å². The zero-order valence-corrected chi connectivity index (χ0v) is 15.8. The van der Waals surface area contributed by atoms with Crippen molar-refractivity contribution < 1.29 is 27.8 Å². The molecule has 0 aliphatic rings. The molecule has 0 saturated heterocycles. The molecule has 0 saturated carbocycles. The fourth-order valence-corrected chi connectivity index (χ4v) is 2.48. The summed E-state index contributed by atoms with van der Waals surface area (Å²) >= 11 is 5.84. The van der Waals surface area contributed by atoms with Crippen molar-refractivity contribution in [2.24, 2.45) is 0 Å².